The zero-order valence-corrected chi connectivity index (χ0v) is 7.29. The second-order valence-corrected chi connectivity index (χ2v) is 2.71. The lowest BCUT2D eigenvalue weighted by Gasteiger charge is -2.05. The molecule has 66 valence electrons. The van der Waals surface area contributed by atoms with E-state index in [2.05, 4.69) is 4.74 Å². The van der Waals surface area contributed by atoms with Crippen molar-refractivity contribution in [3.05, 3.63) is 28.0 Å². The van der Waals surface area contributed by atoms with Gasteiger partial charge in [-0.1, -0.05) is 23.2 Å². The van der Waals surface area contributed by atoms with Gasteiger partial charge in [-0.05, 0) is 12.1 Å². The maximum absolute atomic E-state index is 12.8. The van der Waals surface area contributed by atoms with Crippen molar-refractivity contribution in [3.63, 3.8) is 0 Å². The van der Waals surface area contributed by atoms with Crippen molar-refractivity contribution in [1.29, 1.82) is 0 Å². The Kier molecular flexibility index (Phi) is 3.12. The third kappa shape index (κ3) is 1.79. The van der Waals surface area contributed by atoms with E-state index >= 15 is 0 Å². The molecule has 0 aliphatic rings. The number of hydrogen-bond donors (Lipinski definition) is 0. The molecule has 0 radical (unpaired) electrons. The zero-order valence-electron chi connectivity index (χ0n) is 5.78. The van der Waals surface area contributed by atoms with Gasteiger partial charge in [-0.15, -0.1) is 0 Å². The molecule has 0 N–H and O–H groups in total. The lowest BCUT2D eigenvalue weighted by Crippen LogP contribution is -1.94. The van der Waals surface area contributed by atoms with Crippen molar-refractivity contribution >= 4 is 23.2 Å². The Hall–Kier alpha value is -0.540. The summed E-state index contributed by atoms with van der Waals surface area (Å²) in [6.45, 7) is -1.14. The molecular weight excluding hydrogens is 209 g/mol. The summed E-state index contributed by atoms with van der Waals surface area (Å²) >= 11 is 11.0. The van der Waals surface area contributed by atoms with Crippen LogP contribution in [-0.4, -0.2) is 6.86 Å². The number of benzene rings is 1. The van der Waals surface area contributed by atoms with E-state index in [0.717, 1.165) is 6.07 Å². The van der Waals surface area contributed by atoms with E-state index in [0.29, 0.717) is 0 Å². The van der Waals surface area contributed by atoms with Crippen LogP contribution in [0.15, 0.2) is 12.1 Å². The van der Waals surface area contributed by atoms with Gasteiger partial charge in [0.1, 0.15) is 5.02 Å². The highest BCUT2D eigenvalue weighted by Crippen LogP contribution is 2.34. The highest BCUT2D eigenvalue weighted by molar-refractivity contribution is 6.42. The van der Waals surface area contributed by atoms with Gasteiger partial charge in [0.25, 0.3) is 0 Å². The SMILES string of the molecule is FCOc1c(F)ccc(Cl)c1Cl. The lowest BCUT2D eigenvalue weighted by atomic mass is 10.3. The fourth-order valence-electron chi connectivity index (χ4n) is 0.695. The average molecular weight is 213 g/mol. The van der Waals surface area contributed by atoms with Gasteiger partial charge in [0.2, 0.25) is 6.86 Å². The van der Waals surface area contributed by atoms with E-state index in [4.69, 9.17) is 23.2 Å². The fourth-order valence-corrected chi connectivity index (χ4v) is 1.05. The van der Waals surface area contributed by atoms with Crippen LogP contribution >= 0.6 is 23.2 Å². The number of ether oxygens (including phenoxy) is 1. The topological polar surface area (TPSA) is 9.23 Å². The van der Waals surface area contributed by atoms with Crippen molar-refractivity contribution in [2.24, 2.45) is 0 Å². The van der Waals surface area contributed by atoms with Crippen molar-refractivity contribution < 1.29 is 13.5 Å². The van der Waals surface area contributed by atoms with Crippen LogP contribution in [0.5, 0.6) is 5.75 Å². The first kappa shape index (κ1) is 9.55. The summed E-state index contributed by atoms with van der Waals surface area (Å²) in [7, 11) is 0. The van der Waals surface area contributed by atoms with Crippen LogP contribution in [0, 0.1) is 5.82 Å². The van der Waals surface area contributed by atoms with Crippen LogP contribution in [-0.2, 0) is 0 Å². The predicted molar refractivity (Wildman–Crippen MR) is 43.0 cm³/mol. The molecule has 0 heterocycles. The molecule has 1 aromatic rings. The van der Waals surface area contributed by atoms with Gasteiger partial charge < -0.3 is 4.74 Å². The molecule has 5 heteroatoms. The molecule has 0 saturated heterocycles. The third-order valence-corrected chi connectivity index (χ3v) is 1.99. The number of hydrogen-bond acceptors (Lipinski definition) is 1. The van der Waals surface area contributed by atoms with Crippen LogP contribution in [0.1, 0.15) is 0 Å². The first-order valence-corrected chi connectivity index (χ1v) is 3.74. The fraction of sp³-hybridized carbons (Fsp3) is 0.143. The minimum Gasteiger partial charge on any atom is -0.458 e. The number of halogens is 4. The van der Waals surface area contributed by atoms with Crippen molar-refractivity contribution in [2.45, 2.75) is 0 Å². The molecule has 0 saturated carbocycles. The maximum Gasteiger partial charge on any atom is 0.228 e. The van der Waals surface area contributed by atoms with Crippen LogP contribution < -0.4 is 4.74 Å². The van der Waals surface area contributed by atoms with Crippen LogP contribution in [0.25, 0.3) is 0 Å². The second kappa shape index (κ2) is 3.92. The van der Waals surface area contributed by atoms with Crippen LogP contribution in [0.4, 0.5) is 8.78 Å². The first-order chi connectivity index (χ1) is 5.66. The molecule has 1 aromatic carbocycles. The standard InChI is InChI=1S/C7H4Cl2F2O/c8-4-1-2-5(11)7(6(4)9)12-3-10/h1-2H,3H2. The summed E-state index contributed by atoms with van der Waals surface area (Å²) in [4.78, 5) is 0. The van der Waals surface area contributed by atoms with Gasteiger partial charge in [0, 0.05) is 0 Å². The predicted octanol–water partition coefficient (Wildman–Crippen LogP) is 3.44. The van der Waals surface area contributed by atoms with E-state index in [1.165, 1.54) is 6.07 Å². The first-order valence-electron chi connectivity index (χ1n) is 2.99. The number of alkyl halides is 1. The Bertz CT molecular complexity index is 291. The van der Waals surface area contributed by atoms with Gasteiger partial charge in [-0.2, -0.15) is 0 Å². The van der Waals surface area contributed by atoms with Gasteiger partial charge in [0.15, 0.2) is 11.6 Å². The smallest absolute Gasteiger partial charge is 0.228 e. The van der Waals surface area contributed by atoms with E-state index in [1.54, 1.807) is 0 Å². The third-order valence-electron chi connectivity index (χ3n) is 1.20. The molecule has 1 nitrogen and oxygen atoms in total. The molecule has 0 aromatic heterocycles. The molecule has 0 aliphatic carbocycles. The Morgan fingerprint density at radius 1 is 1.33 bits per heavy atom. The Morgan fingerprint density at radius 3 is 2.58 bits per heavy atom. The summed E-state index contributed by atoms with van der Waals surface area (Å²) in [5.41, 5.74) is 0. The van der Waals surface area contributed by atoms with Gasteiger partial charge in [-0.3, -0.25) is 0 Å². The minimum atomic E-state index is -1.14. The molecule has 1 rings (SSSR count). The average Bonchev–Trinajstić information content (AvgIpc) is 2.06. The minimum absolute atomic E-state index is 0.116. The second-order valence-electron chi connectivity index (χ2n) is 1.93. The van der Waals surface area contributed by atoms with Crippen molar-refractivity contribution in [3.8, 4) is 5.75 Å². The van der Waals surface area contributed by atoms with Gasteiger partial charge in [0.05, 0.1) is 5.02 Å². The molecule has 0 aliphatic heterocycles. The summed E-state index contributed by atoms with van der Waals surface area (Å²) < 4.78 is 28.8. The van der Waals surface area contributed by atoms with Crippen LogP contribution in [0.3, 0.4) is 0 Å². The Balaban J connectivity index is 3.14. The monoisotopic (exact) mass is 212 g/mol. The molecule has 0 atom stereocenters. The largest absolute Gasteiger partial charge is 0.458 e. The summed E-state index contributed by atoms with van der Waals surface area (Å²) in [6, 6.07) is 2.32. The van der Waals surface area contributed by atoms with E-state index in [1.807, 2.05) is 0 Å². The quantitative estimate of drug-likeness (QED) is 0.683. The molecule has 0 spiro atoms. The summed E-state index contributed by atoms with van der Waals surface area (Å²) in [5.74, 6) is -1.09. The van der Waals surface area contributed by atoms with Crippen LogP contribution in [0.2, 0.25) is 10.0 Å². The van der Waals surface area contributed by atoms with E-state index in [-0.39, 0.29) is 15.8 Å². The van der Waals surface area contributed by atoms with E-state index < -0.39 is 12.7 Å². The molecule has 0 fully saturated rings. The lowest BCUT2D eigenvalue weighted by molar-refractivity contribution is 0.184. The van der Waals surface area contributed by atoms with Gasteiger partial charge >= 0.3 is 0 Å². The normalized spacial score (nSPS) is 10.0. The van der Waals surface area contributed by atoms with Gasteiger partial charge in [-0.25, -0.2) is 8.78 Å². The zero-order chi connectivity index (χ0) is 9.14. The molecule has 12 heavy (non-hydrogen) atoms. The number of rotatable bonds is 2. The molecular formula is C7H4Cl2F2O. The van der Waals surface area contributed by atoms with Crippen molar-refractivity contribution in [1.82, 2.24) is 0 Å². The Labute approximate surface area is 77.8 Å². The highest BCUT2D eigenvalue weighted by Gasteiger charge is 2.11. The Morgan fingerprint density at radius 2 is 2.00 bits per heavy atom. The maximum atomic E-state index is 12.8. The molecule has 0 amide bonds. The summed E-state index contributed by atoms with van der Waals surface area (Å²) in [6.07, 6.45) is 0. The molecule has 0 unspecified atom stereocenters. The van der Waals surface area contributed by atoms with E-state index in [9.17, 15) is 8.78 Å². The van der Waals surface area contributed by atoms with Crippen molar-refractivity contribution in [2.75, 3.05) is 6.86 Å². The highest BCUT2D eigenvalue weighted by atomic mass is 35.5. The summed E-state index contributed by atoms with van der Waals surface area (Å²) in [5, 5.41) is 0.0100. The molecule has 0 bridgehead atoms.